The summed E-state index contributed by atoms with van der Waals surface area (Å²) in [6.45, 7) is 2.88. The van der Waals surface area contributed by atoms with Gasteiger partial charge in [0.25, 0.3) is 11.8 Å². The fraction of sp³-hybridized carbons (Fsp3) is 0.381. The smallest absolute Gasteiger partial charge is 0.257 e. The zero-order chi connectivity index (χ0) is 20.7. The maximum atomic E-state index is 12.9. The molecule has 7 nitrogen and oxygen atoms in total. The predicted molar refractivity (Wildman–Crippen MR) is 110 cm³/mol. The minimum Gasteiger partial charge on any atom is -0.395 e. The lowest BCUT2D eigenvalue weighted by Crippen LogP contribution is -2.39. The van der Waals surface area contributed by atoms with Crippen molar-refractivity contribution in [3.63, 3.8) is 0 Å². The summed E-state index contributed by atoms with van der Waals surface area (Å²) < 4.78 is 0. The second-order valence-corrected chi connectivity index (χ2v) is 8.54. The van der Waals surface area contributed by atoms with Gasteiger partial charge >= 0.3 is 0 Å². The molecule has 0 atom stereocenters. The van der Waals surface area contributed by atoms with Crippen molar-refractivity contribution in [2.45, 2.75) is 19.9 Å². The van der Waals surface area contributed by atoms with Crippen molar-refractivity contribution in [3.05, 3.63) is 51.4 Å². The lowest BCUT2D eigenvalue weighted by Gasteiger charge is -2.27. The van der Waals surface area contributed by atoms with Crippen LogP contribution in [-0.4, -0.2) is 65.9 Å². The number of likely N-dealkylation sites (N-methyl/N-ethyl adjacent to an activating group) is 1. The van der Waals surface area contributed by atoms with E-state index >= 15 is 0 Å². The number of carbonyl (C=O) groups is 3. The summed E-state index contributed by atoms with van der Waals surface area (Å²) in [4.78, 5) is 44.1. The SMILES string of the molecule is Cc1ccc(C(=O)N2CCc3c(sc4c3C(=O)N(C)CC(=O)N4CCO)C2)cc1. The Hall–Kier alpha value is -2.71. The van der Waals surface area contributed by atoms with E-state index in [0.29, 0.717) is 35.6 Å². The number of fused-ring (bicyclic) bond motifs is 3. The van der Waals surface area contributed by atoms with E-state index in [1.54, 1.807) is 11.9 Å². The molecular weight excluding hydrogens is 390 g/mol. The molecule has 4 rings (SSSR count). The molecule has 0 unspecified atom stereocenters. The Bertz CT molecular complexity index is 983. The number of benzene rings is 1. The Morgan fingerprint density at radius 3 is 2.59 bits per heavy atom. The molecule has 8 heteroatoms. The Labute approximate surface area is 173 Å². The largest absolute Gasteiger partial charge is 0.395 e. The molecule has 3 amide bonds. The molecular formula is C21H23N3O4S. The Morgan fingerprint density at radius 2 is 1.90 bits per heavy atom. The van der Waals surface area contributed by atoms with Gasteiger partial charge in [0, 0.05) is 30.6 Å². The minimum absolute atomic E-state index is 0.00690. The van der Waals surface area contributed by atoms with Crippen LogP contribution in [-0.2, 0) is 17.8 Å². The first-order valence-electron chi connectivity index (χ1n) is 9.58. The number of aliphatic hydroxyl groups is 1. The van der Waals surface area contributed by atoms with Gasteiger partial charge < -0.3 is 14.9 Å². The molecule has 1 aromatic heterocycles. The predicted octanol–water partition coefficient (Wildman–Crippen LogP) is 1.67. The number of carbonyl (C=O) groups excluding carboxylic acids is 3. The van der Waals surface area contributed by atoms with Crippen molar-refractivity contribution in [2.75, 3.05) is 38.2 Å². The highest BCUT2D eigenvalue weighted by molar-refractivity contribution is 7.17. The van der Waals surface area contributed by atoms with Crippen LogP contribution in [0.2, 0.25) is 0 Å². The molecule has 2 aliphatic rings. The zero-order valence-corrected chi connectivity index (χ0v) is 17.3. The van der Waals surface area contributed by atoms with Crippen LogP contribution in [0.25, 0.3) is 0 Å². The lowest BCUT2D eigenvalue weighted by atomic mass is 10.0. The van der Waals surface area contributed by atoms with E-state index in [4.69, 9.17) is 0 Å². The Balaban J connectivity index is 1.68. The maximum Gasteiger partial charge on any atom is 0.257 e. The number of thiophene rings is 1. The van der Waals surface area contributed by atoms with Gasteiger partial charge in [-0.1, -0.05) is 17.7 Å². The van der Waals surface area contributed by atoms with Crippen LogP contribution in [0.15, 0.2) is 24.3 Å². The normalized spacial score (nSPS) is 16.6. The molecule has 2 aromatic rings. The van der Waals surface area contributed by atoms with Gasteiger partial charge in [-0.25, -0.2) is 0 Å². The number of β-amino-alcohol motifs (C(OH)–C–C–N with tert-alkyl or cyclic N) is 1. The van der Waals surface area contributed by atoms with Crippen LogP contribution >= 0.6 is 11.3 Å². The third-order valence-corrected chi connectivity index (χ3v) is 6.67. The lowest BCUT2D eigenvalue weighted by molar-refractivity contribution is -0.119. The molecule has 0 radical (unpaired) electrons. The summed E-state index contributed by atoms with van der Waals surface area (Å²) in [5.74, 6) is -0.421. The monoisotopic (exact) mass is 413 g/mol. The fourth-order valence-corrected chi connectivity index (χ4v) is 5.24. The first kappa shape index (κ1) is 19.6. The van der Waals surface area contributed by atoms with E-state index < -0.39 is 0 Å². The van der Waals surface area contributed by atoms with Gasteiger partial charge in [-0.15, -0.1) is 11.3 Å². The van der Waals surface area contributed by atoms with Crippen LogP contribution in [0, 0.1) is 6.92 Å². The van der Waals surface area contributed by atoms with Crippen LogP contribution in [0.4, 0.5) is 5.00 Å². The average molecular weight is 413 g/mol. The number of aliphatic hydroxyl groups excluding tert-OH is 1. The molecule has 0 saturated carbocycles. The standard InChI is InChI=1S/C21H23N3O4S/c1-13-3-5-14(6-4-13)19(27)23-8-7-15-16(11-23)29-21-18(15)20(28)22(2)12-17(26)24(21)9-10-25/h3-6,25H,7-12H2,1-2H3. The second-order valence-electron chi connectivity index (χ2n) is 7.46. The Morgan fingerprint density at radius 1 is 1.17 bits per heavy atom. The van der Waals surface area contributed by atoms with E-state index in [0.717, 1.165) is 16.0 Å². The van der Waals surface area contributed by atoms with Crippen molar-refractivity contribution >= 4 is 34.1 Å². The van der Waals surface area contributed by atoms with Crippen LogP contribution < -0.4 is 4.90 Å². The van der Waals surface area contributed by atoms with E-state index in [-0.39, 0.29) is 37.4 Å². The summed E-state index contributed by atoms with van der Waals surface area (Å²) in [6, 6.07) is 7.50. The maximum absolute atomic E-state index is 12.9. The van der Waals surface area contributed by atoms with E-state index in [1.165, 1.54) is 21.1 Å². The second kappa shape index (κ2) is 7.61. The number of amides is 3. The van der Waals surface area contributed by atoms with Crippen molar-refractivity contribution in [1.82, 2.24) is 9.80 Å². The van der Waals surface area contributed by atoms with E-state index in [1.807, 2.05) is 31.2 Å². The van der Waals surface area contributed by atoms with Gasteiger partial charge in [0.1, 0.15) is 11.5 Å². The summed E-state index contributed by atoms with van der Waals surface area (Å²) in [6.07, 6.45) is 0.569. The first-order valence-corrected chi connectivity index (χ1v) is 10.4. The highest BCUT2D eigenvalue weighted by Crippen LogP contribution is 2.41. The Kier molecular flexibility index (Phi) is 5.14. The molecule has 29 heavy (non-hydrogen) atoms. The van der Waals surface area contributed by atoms with Crippen LogP contribution in [0.3, 0.4) is 0 Å². The van der Waals surface area contributed by atoms with E-state index in [2.05, 4.69) is 0 Å². The molecule has 0 spiro atoms. The zero-order valence-electron chi connectivity index (χ0n) is 16.5. The van der Waals surface area contributed by atoms with Gasteiger partial charge in [0.15, 0.2) is 0 Å². The van der Waals surface area contributed by atoms with Crippen molar-refractivity contribution in [3.8, 4) is 0 Å². The highest BCUT2D eigenvalue weighted by Gasteiger charge is 2.37. The molecule has 2 aliphatic heterocycles. The first-order chi connectivity index (χ1) is 13.9. The summed E-state index contributed by atoms with van der Waals surface area (Å²) in [5, 5.41) is 10.00. The number of hydrogen-bond acceptors (Lipinski definition) is 5. The van der Waals surface area contributed by atoms with Crippen LogP contribution in [0.1, 0.15) is 36.7 Å². The summed E-state index contributed by atoms with van der Waals surface area (Å²) >= 11 is 1.38. The van der Waals surface area contributed by atoms with Gasteiger partial charge in [0.05, 0.1) is 18.7 Å². The van der Waals surface area contributed by atoms with Gasteiger partial charge in [-0.3, -0.25) is 19.3 Å². The average Bonchev–Trinajstić information content (AvgIpc) is 3.05. The molecule has 0 aliphatic carbocycles. The molecule has 0 bridgehead atoms. The van der Waals surface area contributed by atoms with E-state index in [9.17, 15) is 19.5 Å². The number of nitrogens with zero attached hydrogens (tertiary/aromatic N) is 3. The molecule has 152 valence electrons. The molecule has 3 heterocycles. The fourth-order valence-electron chi connectivity index (χ4n) is 3.84. The summed E-state index contributed by atoms with van der Waals surface area (Å²) in [7, 11) is 1.62. The molecule has 0 saturated heterocycles. The third-order valence-electron chi connectivity index (χ3n) is 5.43. The number of rotatable bonds is 3. The number of aryl methyl sites for hydroxylation is 1. The molecule has 1 N–H and O–H groups in total. The third kappa shape index (κ3) is 3.42. The van der Waals surface area contributed by atoms with Crippen LogP contribution in [0.5, 0.6) is 0 Å². The topological polar surface area (TPSA) is 81.2 Å². The minimum atomic E-state index is -0.208. The van der Waals surface area contributed by atoms with Crippen molar-refractivity contribution in [2.24, 2.45) is 0 Å². The quantitative estimate of drug-likeness (QED) is 0.830. The van der Waals surface area contributed by atoms with Crippen molar-refractivity contribution < 1.29 is 19.5 Å². The number of hydrogen-bond donors (Lipinski definition) is 1. The van der Waals surface area contributed by atoms with Gasteiger partial charge in [-0.05, 0) is 31.0 Å². The van der Waals surface area contributed by atoms with Crippen molar-refractivity contribution in [1.29, 1.82) is 0 Å². The summed E-state index contributed by atoms with van der Waals surface area (Å²) in [5.41, 5.74) is 3.22. The van der Waals surface area contributed by atoms with Gasteiger partial charge in [0.2, 0.25) is 5.91 Å². The van der Waals surface area contributed by atoms with Gasteiger partial charge in [-0.2, -0.15) is 0 Å². The number of anilines is 1. The molecule has 0 fully saturated rings. The molecule has 1 aromatic carbocycles. The highest BCUT2D eigenvalue weighted by atomic mass is 32.1.